The Hall–Kier alpha value is -2.33. The third-order valence-corrected chi connectivity index (χ3v) is 3.99. The van der Waals surface area contributed by atoms with Gasteiger partial charge in [0, 0.05) is 36.9 Å². The Morgan fingerprint density at radius 3 is 2.77 bits per heavy atom. The fraction of sp³-hybridized carbons (Fsp3) is 0.278. The van der Waals surface area contributed by atoms with Crippen LogP contribution >= 0.6 is 0 Å². The van der Waals surface area contributed by atoms with Crippen LogP contribution in [0.1, 0.15) is 16.7 Å². The highest BCUT2D eigenvalue weighted by Crippen LogP contribution is 2.33. The van der Waals surface area contributed by atoms with Gasteiger partial charge in [0.05, 0.1) is 18.4 Å². The molecule has 3 rings (SSSR count). The number of aromatic nitrogens is 1. The predicted octanol–water partition coefficient (Wildman–Crippen LogP) is 2.73. The minimum Gasteiger partial charge on any atom is -0.375 e. The standard InChI is InChI=1S/C18H22N4/c1-13-6-7-14(2)16(9-13)22-17(11-21(3)12-18(22)19)15-5-4-8-20-10-15/h4-11,18H,12,19H2,1-3H3. The molecule has 1 aromatic heterocycles. The van der Waals surface area contributed by atoms with Crippen LogP contribution in [0.3, 0.4) is 0 Å². The molecular formula is C18H22N4. The normalized spacial score (nSPS) is 18.4. The number of anilines is 1. The Kier molecular flexibility index (Phi) is 3.86. The van der Waals surface area contributed by atoms with Crippen LogP contribution in [0.2, 0.25) is 0 Å². The van der Waals surface area contributed by atoms with Crippen molar-refractivity contribution in [2.24, 2.45) is 5.73 Å². The average Bonchev–Trinajstić information content (AvgIpc) is 2.50. The molecular weight excluding hydrogens is 272 g/mol. The Balaban J connectivity index is 2.14. The van der Waals surface area contributed by atoms with E-state index in [9.17, 15) is 0 Å². The Morgan fingerprint density at radius 1 is 1.23 bits per heavy atom. The quantitative estimate of drug-likeness (QED) is 0.925. The number of nitrogens with two attached hydrogens (primary N) is 1. The minimum absolute atomic E-state index is 0.0919. The third kappa shape index (κ3) is 2.70. The van der Waals surface area contributed by atoms with Crippen LogP contribution in [0, 0.1) is 13.8 Å². The highest BCUT2D eigenvalue weighted by atomic mass is 15.3. The van der Waals surface area contributed by atoms with Gasteiger partial charge >= 0.3 is 0 Å². The van der Waals surface area contributed by atoms with Gasteiger partial charge in [-0.2, -0.15) is 0 Å². The number of aryl methyl sites for hydroxylation is 2. The zero-order valence-electron chi connectivity index (χ0n) is 13.3. The van der Waals surface area contributed by atoms with E-state index in [1.54, 1.807) is 6.20 Å². The molecule has 2 N–H and O–H groups in total. The van der Waals surface area contributed by atoms with E-state index in [4.69, 9.17) is 5.73 Å². The van der Waals surface area contributed by atoms with Crippen molar-refractivity contribution in [3.8, 4) is 0 Å². The van der Waals surface area contributed by atoms with E-state index in [0.29, 0.717) is 0 Å². The molecule has 4 heteroatoms. The molecule has 1 aromatic carbocycles. The lowest BCUT2D eigenvalue weighted by molar-refractivity contribution is 0.396. The first kappa shape index (κ1) is 14.6. The maximum Gasteiger partial charge on any atom is 0.0998 e. The van der Waals surface area contributed by atoms with Crippen LogP contribution in [-0.4, -0.2) is 29.6 Å². The summed E-state index contributed by atoms with van der Waals surface area (Å²) in [5.41, 5.74) is 12.3. The Labute approximate surface area is 131 Å². The van der Waals surface area contributed by atoms with Crippen molar-refractivity contribution in [1.82, 2.24) is 9.88 Å². The second kappa shape index (κ2) is 5.81. The fourth-order valence-electron chi connectivity index (χ4n) is 2.89. The van der Waals surface area contributed by atoms with Crippen molar-refractivity contribution >= 4 is 11.4 Å². The molecule has 4 nitrogen and oxygen atoms in total. The van der Waals surface area contributed by atoms with Crippen LogP contribution in [0.4, 0.5) is 5.69 Å². The molecule has 1 aliphatic heterocycles. The zero-order chi connectivity index (χ0) is 15.7. The maximum atomic E-state index is 6.47. The van der Waals surface area contributed by atoms with Crippen LogP contribution in [0.5, 0.6) is 0 Å². The van der Waals surface area contributed by atoms with Crippen molar-refractivity contribution in [2.75, 3.05) is 18.5 Å². The smallest absolute Gasteiger partial charge is 0.0998 e. The molecule has 0 amide bonds. The third-order valence-electron chi connectivity index (χ3n) is 3.99. The molecule has 0 bridgehead atoms. The van der Waals surface area contributed by atoms with Gasteiger partial charge in [-0.3, -0.25) is 4.98 Å². The van der Waals surface area contributed by atoms with Gasteiger partial charge in [0.15, 0.2) is 0 Å². The molecule has 0 fully saturated rings. The topological polar surface area (TPSA) is 45.4 Å². The summed E-state index contributed by atoms with van der Waals surface area (Å²) < 4.78 is 0. The lowest BCUT2D eigenvalue weighted by Gasteiger charge is -2.40. The number of likely N-dealkylation sites (N-methyl/N-ethyl adjacent to an activating group) is 1. The number of nitrogens with zero attached hydrogens (tertiary/aromatic N) is 3. The van der Waals surface area contributed by atoms with E-state index in [-0.39, 0.29) is 6.17 Å². The Bertz CT molecular complexity index is 693. The number of pyridine rings is 1. The van der Waals surface area contributed by atoms with E-state index in [0.717, 1.165) is 23.5 Å². The van der Waals surface area contributed by atoms with E-state index in [2.05, 4.69) is 66.1 Å². The van der Waals surface area contributed by atoms with Crippen molar-refractivity contribution < 1.29 is 0 Å². The largest absolute Gasteiger partial charge is 0.375 e. The highest BCUT2D eigenvalue weighted by Gasteiger charge is 2.27. The summed E-state index contributed by atoms with van der Waals surface area (Å²) >= 11 is 0. The van der Waals surface area contributed by atoms with Crippen LogP contribution in [0.15, 0.2) is 48.9 Å². The summed E-state index contributed by atoms with van der Waals surface area (Å²) in [5, 5.41) is 0. The van der Waals surface area contributed by atoms with Crippen molar-refractivity contribution in [3.05, 3.63) is 65.6 Å². The molecule has 0 radical (unpaired) electrons. The highest BCUT2D eigenvalue weighted by molar-refractivity contribution is 5.81. The van der Waals surface area contributed by atoms with Gasteiger partial charge in [-0.15, -0.1) is 0 Å². The number of hydrogen-bond donors (Lipinski definition) is 1. The number of hydrogen-bond acceptors (Lipinski definition) is 4. The molecule has 0 aliphatic carbocycles. The molecule has 0 spiro atoms. The first-order chi connectivity index (χ1) is 10.6. The summed E-state index contributed by atoms with van der Waals surface area (Å²) in [6, 6.07) is 10.5. The lowest BCUT2D eigenvalue weighted by atomic mass is 10.1. The molecule has 1 atom stereocenters. The van der Waals surface area contributed by atoms with Crippen LogP contribution in [0.25, 0.3) is 5.70 Å². The number of benzene rings is 1. The molecule has 2 aromatic rings. The van der Waals surface area contributed by atoms with Gasteiger partial charge in [0.1, 0.15) is 0 Å². The van der Waals surface area contributed by atoms with Gasteiger partial charge < -0.3 is 15.5 Å². The molecule has 1 unspecified atom stereocenters. The first-order valence-corrected chi connectivity index (χ1v) is 7.51. The summed E-state index contributed by atoms with van der Waals surface area (Å²) in [6.45, 7) is 5.02. The first-order valence-electron chi connectivity index (χ1n) is 7.51. The van der Waals surface area contributed by atoms with Gasteiger partial charge in [-0.25, -0.2) is 0 Å². The van der Waals surface area contributed by atoms with E-state index in [1.807, 2.05) is 12.3 Å². The van der Waals surface area contributed by atoms with Crippen LogP contribution < -0.4 is 10.6 Å². The average molecular weight is 294 g/mol. The summed E-state index contributed by atoms with van der Waals surface area (Å²) in [4.78, 5) is 8.61. The fourth-order valence-corrected chi connectivity index (χ4v) is 2.89. The molecule has 2 heterocycles. The molecule has 0 saturated heterocycles. The SMILES string of the molecule is Cc1ccc(C)c(N2C(c3cccnc3)=CN(C)CC2N)c1. The van der Waals surface area contributed by atoms with E-state index in [1.165, 1.54) is 11.1 Å². The lowest BCUT2D eigenvalue weighted by Crippen LogP contribution is -2.51. The molecule has 0 saturated carbocycles. The van der Waals surface area contributed by atoms with Crippen molar-refractivity contribution in [3.63, 3.8) is 0 Å². The second-order valence-electron chi connectivity index (χ2n) is 5.92. The van der Waals surface area contributed by atoms with Crippen LogP contribution in [-0.2, 0) is 0 Å². The molecule has 114 valence electrons. The van der Waals surface area contributed by atoms with Gasteiger partial charge in [0.25, 0.3) is 0 Å². The van der Waals surface area contributed by atoms with Crippen molar-refractivity contribution in [2.45, 2.75) is 20.0 Å². The van der Waals surface area contributed by atoms with E-state index < -0.39 is 0 Å². The summed E-state index contributed by atoms with van der Waals surface area (Å²) in [6.07, 6.45) is 5.72. The molecule has 1 aliphatic rings. The maximum absolute atomic E-state index is 6.47. The van der Waals surface area contributed by atoms with Crippen molar-refractivity contribution in [1.29, 1.82) is 0 Å². The Morgan fingerprint density at radius 2 is 2.05 bits per heavy atom. The van der Waals surface area contributed by atoms with Gasteiger partial charge in [0.2, 0.25) is 0 Å². The summed E-state index contributed by atoms with van der Waals surface area (Å²) in [7, 11) is 2.05. The minimum atomic E-state index is -0.0919. The summed E-state index contributed by atoms with van der Waals surface area (Å²) in [5.74, 6) is 0. The van der Waals surface area contributed by atoms with Gasteiger partial charge in [-0.05, 0) is 43.2 Å². The number of rotatable bonds is 2. The second-order valence-corrected chi connectivity index (χ2v) is 5.92. The molecule has 22 heavy (non-hydrogen) atoms. The monoisotopic (exact) mass is 294 g/mol. The predicted molar refractivity (Wildman–Crippen MR) is 91.2 cm³/mol. The zero-order valence-corrected chi connectivity index (χ0v) is 13.3. The van der Waals surface area contributed by atoms with Gasteiger partial charge in [-0.1, -0.05) is 12.1 Å². The van der Waals surface area contributed by atoms with E-state index >= 15 is 0 Å².